The molecule has 0 saturated carbocycles. The molecule has 7 nitrogen and oxygen atoms in total. The van der Waals surface area contributed by atoms with Crippen LogP contribution in [-0.2, 0) is 9.53 Å². The van der Waals surface area contributed by atoms with Crippen LogP contribution in [0.3, 0.4) is 0 Å². The fourth-order valence-corrected chi connectivity index (χ4v) is 2.97. The number of hydrogen-bond acceptors (Lipinski definition) is 5. The predicted octanol–water partition coefficient (Wildman–Crippen LogP) is 1.68. The van der Waals surface area contributed by atoms with Crippen LogP contribution < -0.4 is 0 Å². The third-order valence-corrected chi connectivity index (χ3v) is 4.05. The monoisotopic (exact) mass is 316 g/mol. The van der Waals surface area contributed by atoms with Gasteiger partial charge in [0.1, 0.15) is 5.69 Å². The summed E-state index contributed by atoms with van der Waals surface area (Å²) < 4.78 is 6.74. The van der Waals surface area contributed by atoms with E-state index in [1.165, 1.54) is 0 Å². The van der Waals surface area contributed by atoms with Crippen LogP contribution in [0.2, 0.25) is 0 Å². The van der Waals surface area contributed by atoms with E-state index >= 15 is 0 Å². The van der Waals surface area contributed by atoms with E-state index in [1.807, 2.05) is 0 Å². The molecule has 1 atom stereocenters. The maximum absolute atomic E-state index is 12.8. The van der Waals surface area contributed by atoms with Gasteiger partial charge >= 0.3 is 5.97 Å². The van der Waals surface area contributed by atoms with E-state index in [-0.39, 0.29) is 24.3 Å². The Morgan fingerprint density at radius 1 is 1.39 bits per heavy atom. The van der Waals surface area contributed by atoms with E-state index in [0.717, 1.165) is 19.3 Å². The topological polar surface area (TPSA) is 76.8 Å². The summed E-state index contributed by atoms with van der Waals surface area (Å²) in [5, 5.41) is 0. The first kappa shape index (κ1) is 15.5. The number of aromatic nitrogens is 3. The molecule has 7 heteroatoms. The van der Waals surface area contributed by atoms with E-state index < -0.39 is 0 Å². The fourth-order valence-electron chi connectivity index (χ4n) is 2.97. The highest BCUT2D eigenvalue weighted by atomic mass is 16.5. The molecule has 0 aliphatic carbocycles. The maximum atomic E-state index is 12.8. The Morgan fingerprint density at radius 2 is 2.26 bits per heavy atom. The van der Waals surface area contributed by atoms with Crippen LogP contribution in [-0.4, -0.2) is 50.3 Å². The van der Waals surface area contributed by atoms with Crippen LogP contribution in [0.25, 0.3) is 5.78 Å². The van der Waals surface area contributed by atoms with Gasteiger partial charge in [-0.2, -0.15) is 0 Å². The maximum Gasteiger partial charge on any atom is 0.307 e. The Hall–Kier alpha value is -2.44. The number of hydrogen-bond donors (Lipinski definition) is 0. The highest BCUT2D eigenvalue weighted by molar-refractivity contribution is 5.93. The number of carbonyl (C=O) groups excluding carboxylic acids is 2. The first-order chi connectivity index (χ1) is 11.2. The lowest BCUT2D eigenvalue weighted by molar-refractivity contribution is -0.144. The Kier molecular flexibility index (Phi) is 4.55. The molecule has 0 unspecified atom stereocenters. The first-order valence-corrected chi connectivity index (χ1v) is 7.95. The molecule has 1 saturated heterocycles. The number of ether oxygens (including phenoxy) is 1. The van der Waals surface area contributed by atoms with Crippen molar-refractivity contribution in [3.05, 3.63) is 30.4 Å². The standard InChI is InChI=1S/C16H20N4O3/c1-2-23-14(21)10-12-6-3-4-9-20(12)15(22)13-11-19-8-5-7-17-16(19)18-13/h5,7-8,11-12H,2-4,6,9-10H2,1H3/t12-/m1/s1. The number of amides is 1. The molecule has 3 heterocycles. The number of fused-ring (bicyclic) bond motifs is 1. The van der Waals surface area contributed by atoms with Gasteiger partial charge in [-0.25, -0.2) is 9.97 Å². The zero-order valence-corrected chi connectivity index (χ0v) is 13.1. The van der Waals surface area contributed by atoms with E-state index in [9.17, 15) is 9.59 Å². The van der Waals surface area contributed by atoms with Crippen LogP contribution in [0.5, 0.6) is 0 Å². The predicted molar refractivity (Wildman–Crippen MR) is 82.9 cm³/mol. The number of likely N-dealkylation sites (tertiary alicyclic amines) is 1. The van der Waals surface area contributed by atoms with Crippen LogP contribution >= 0.6 is 0 Å². The summed E-state index contributed by atoms with van der Waals surface area (Å²) in [7, 11) is 0. The zero-order chi connectivity index (χ0) is 16.2. The van der Waals surface area contributed by atoms with Gasteiger partial charge in [0.15, 0.2) is 0 Å². The van der Waals surface area contributed by atoms with Crippen molar-refractivity contribution in [3.63, 3.8) is 0 Å². The van der Waals surface area contributed by atoms with Gasteiger partial charge in [-0.15, -0.1) is 0 Å². The highest BCUT2D eigenvalue weighted by Crippen LogP contribution is 2.22. The van der Waals surface area contributed by atoms with Gasteiger partial charge in [-0.05, 0) is 32.3 Å². The van der Waals surface area contributed by atoms with Gasteiger partial charge in [-0.1, -0.05) is 0 Å². The molecule has 1 aliphatic heterocycles. The second-order valence-corrected chi connectivity index (χ2v) is 5.61. The molecule has 1 amide bonds. The molecule has 0 radical (unpaired) electrons. The summed E-state index contributed by atoms with van der Waals surface area (Å²) in [6, 6.07) is 1.67. The molecule has 122 valence electrons. The van der Waals surface area contributed by atoms with Crippen molar-refractivity contribution < 1.29 is 14.3 Å². The van der Waals surface area contributed by atoms with E-state index in [1.54, 1.807) is 40.9 Å². The minimum absolute atomic E-state index is 0.118. The fraction of sp³-hybridized carbons (Fsp3) is 0.500. The van der Waals surface area contributed by atoms with Gasteiger partial charge in [0, 0.05) is 31.2 Å². The van der Waals surface area contributed by atoms with E-state index in [0.29, 0.717) is 24.6 Å². The summed E-state index contributed by atoms with van der Waals surface area (Å²) >= 11 is 0. The Labute approximate surface area is 134 Å². The summed E-state index contributed by atoms with van der Waals surface area (Å²) in [4.78, 5) is 34.7. The van der Waals surface area contributed by atoms with Gasteiger partial charge < -0.3 is 9.64 Å². The number of imidazole rings is 1. The van der Waals surface area contributed by atoms with E-state index in [4.69, 9.17) is 4.74 Å². The number of rotatable bonds is 4. The molecule has 3 rings (SSSR count). The van der Waals surface area contributed by atoms with Crippen molar-refractivity contribution in [2.45, 2.75) is 38.6 Å². The molecule has 0 aromatic carbocycles. The van der Waals surface area contributed by atoms with Crippen LogP contribution in [0.15, 0.2) is 24.7 Å². The average Bonchev–Trinajstić information content (AvgIpc) is 2.99. The summed E-state index contributed by atoms with van der Waals surface area (Å²) in [5.74, 6) is 0.0909. The molecule has 2 aromatic rings. The molecule has 1 fully saturated rings. The van der Waals surface area contributed by atoms with Crippen molar-refractivity contribution in [3.8, 4) is 0 Å². The molecule has 0 N–H and O–H groups in total. The first-order valence-electron chi connectivity index (χ1n) is 7.95. The Morgan fingerprint density at radius 3 is 3.04 bits per heavy atom. The average molecular weight is 316 g/mol. The van der Waals surface area contributed by atoms with Crippen LogP contribution in [0.4, 0.5) is 0 Å². The quantitative estimate of drug-likeness (QED) is 0.802. The molecule has 23 heavy (non-hydrogen) atoms. The second kappa shape index (κ2) is 6.76. The lowest BCUT2D eigenvalue weighted by Gasteiger charge is -2.34. The minimum Gasteiger partial charge on any atom is -0.466 e. The Balaban J connectivity index is 1.79. The van der Waals surface area contributed by atoms with Crippen molar-refractivity contribution >= 4 is 17.7 Å². The molecular weight excluding hydrogens is 296 g/mol. The number of carbonyl (C=O) groups is 2. The minimum atomic E-state index is -0.256. The molecule has 0 spiro atoms. The highest BCUT2D eigenvalue weighted by Gasteiger charge is 2.30. The molecule has 2 aromatic heterocycles. The smallest absolute Gasteiger partial charge is 0.307 e. The summed E-state index contributed by atoms with van der Waals surface area (Å²) in [5.41, 5.74) is 0.361. The van der Waals surface area contributed by atoms with Crippen LogP contribution in [0, 0.1) is 0 Å². The zero-order valence-electron chi connectivity index (χ0n) is 13.1. The third kappa shape index (κ3) is 3.33. The van der Waals surface area contributed by atoms with Crippen molar-refractivity contribution in [1.82, 2.24) is 19.3 Å². The van der Waals surface area contributed by atoms with Crippen LogP contribution in [0.1, 0.15) is 43.1 Å². The van der Waals surface area contributed by atoms with E-state index in [2.05, 4.69) is 9.97 Å². The van der Waals surface area contributed by atoms with Gasteiger partial charge in [0.2, 0.25) is 5.78 Å². The molecular formula is C16H20N4O3. The Bertz CT molecular complexity index is 679. The number of piperidine rings is 1. The van der Waals surface area contributed by atoms with Gasteiger partial charge in [0.05, 0.1) is 13.0 Å². The number of esters is 1. The van der Waals surface area contributed by atoms with Crippen molar-refractivity contribution in [2.24, 2.45) is 0 Å². The van der Waals surface area contributed by atoms with Gasteiger partial charge in [-0.3, -0.25) is 14.0 Å². The molecule has 1 aliphatic rings. The largest absolute Gasteiger partial charge is 0.466 e. The second-order valence-electron chi connectivity index (χ2n) is 5.61. The van der Waals surface area contributed by atoms with Gasteiger partial charge in [0.25, 0.3) is 5.91 Å². The summed E-state index contributed by atoms with van der Waals surface area (Å²) in [6.45, 7) is 2.78. The lowest BCUT2D eigenvalue weighted by atomic mass is 9.99. The SMILES string of the molecule is CCOC(=O)C[C@H]1CCCCN1C(=O)c1cn2cccnc2n1. The summed E-state index contributed by atoms with van der Waals surface area (Å²) in [6.07, 6.45) is 8.14. The normalized spacial score (nSPS) is 18.1. The van der Waals surface area contributed by atoms with Crippen molar-refractivity contribution in [1.29, 1.82) is 0 Å². The third-order valence-electron chi connectivity index (χ3n) is 4.05. The lowest BCUT2D eigenvalue weighted by Crippen LogP contribution is -2.45. The molecule has 0 bridgehead atoms. The van der Waals surface area contributed by atoms with Crippen molar-refractivity contribution in [2.75, 3.05) is 13.2 Å². The number of nitrogens with zero attached hydrogens (tertiary/aromatic N) is 4.